The first-order valence-corrected chi connectivity index (χ1v) is 5.44. The van der Waals surface area contributed by atoms with Crippen molar-refractivity contribution in [3.05, 3.63) is 17.7 Å². The van der Waals surface area contributed by atoms with Crippen LogP contribution >= 0.6 is 0 Å². The average Bonchev–Trinajstić information content (AvgIpc) is 2.77. The summed E-state index contributed by atoms with van der Waals surface area (Å²) in [6.07, 6.45) is 0. The van der Waals surface area contributed by atoms with Gasteiger partial charge in [0, 0.05) is 18.2 Å². The topological polar surface area (TPSA) is 39.7 Å². The number of fused-ring (bicyclic) bond motifs is 1. The Balaban J connectivity index is 2.23. The van der Waals surface area contributed by atoms with E-state index in [9.17, 15) is 0 Å². The number of nitrogens with one attached hydrogen (secondary N) is 1. The summed E-state index contributed by atoms with van der Waals surface area (Å²) in [5.41, 5.74) is 1.04. The Morgan fingerprint density at radius 2 is 2.12 bits per heavy atom. The fourth-order valence-corrected chi connectivity index (χ4v) is 1.61. The lowest BCUT2D eigenvalue weighted by Crippen LogP contribution is -2.07. The van der Waals surface area contributed by atoms with Crippen LogP contribution < -0.4 is 19.5 Å². The van der Waals surface area contributed by atoms with Crippen molar-refractivity contribution >= 4 is 0 Å². The SMILES string of the molecule is CC#CCOc1cc2c(cc1CNC)OCO2. The van der Waals surface area contributed by atoms with Crippen molar-refractivity contribution in [2.45, 2.75) is 13.5 Å². The maximum absolute atomic E-state index is 5.61. The highest BCUT2D eigenvalue weighted by Gasteiger charge is 2.17. The van der Waals surface area contributed by atoms with Gasteiger partial charge in [-0.25, -0.2) is 0 Å². The van der Waals surface area contributed by atoms with Crippen LogP contribution in [0, 0.1) is 11.8 Å². The summed E-state index contributed by atoms with van der Waals surface area (Å²) in [6.45, 7) is 3.16. The van der Waals surface area contributed by atoms with Gasteiger partial charge < -0.3 is 19.5 Å². The molecule has 1 heterocycles. The van der Waals surface area contributed by atoms with Crippen LogP contribution in [0.5, 0.6) is 17.2 Å². The van der Waals surface area contributed by atoms with Crippen LogP contribution in [0.1, 0.15) is 12.5 Å². The molecule has 4 heteroatoms. The lowest BCUT2D eigenvalue weighted by atomic mass is 10.1. The van der Waals surface area contributed by atoms with Gasteiger partial charge in [-0.3, -0.25) is 0 Å². The van der Waals surface area contributed by atoms with Crippen molar-refractivity contribution in [2.75, 3.05) is 20.4 Å². The zero-order valence-electron chi connectivity index (χ0n) is 10.0. The van der Waals surface area contributed by atoms with E-state index in [1.807, 2.05) is 19.2 Å². The summed E-state index contributed by atoms with van der Waals surface area (Å²) < 4.78 is 16.3. The van der Waals surface area contributed by atoms with Crippen molar-refractivity contribution in [2.24, 2.45) is 0 Å². The standard InChI is InChI=1S/C13H15NO3/c1-3-4-5-15-11-7-13-12(16-9-17-13)6-10(11)8-14-2/h6-7,14H,5,8-9H2,1-2H3. The van der Waals surface area contributed by atoms with Crippen LogP contribution in [0.3, 0.4) is 0 Å². The lowest BCUT2D eigenvalue weighted by Gasteiger charge is -2.10. The number of benzene rings is 1. The van der Waals surface area contributed by atoms with Gasteiger partial charge in [-0.15, -0.1) is 5.92 Å². The number of ether oxygens (including phenoxy) is 3. The molecule has 2 rings (SSSR count). The van der Waals surface area contributed by atoms with Gasteiger partial charge in [0.25, 0.3) is 0 Å². The summed E-state index contributed by atoms with van der Waals surface area (Å²) >= 11 is 0. The third kappa shape index (κ3) is 2.63. The molecule has 1 aliphatic rings. The second-order valence-electron chi connectivity index (χ2n) is 3.56. The molecular weight excluding hydrogens is 218 g/mol. The Morgan fingerprint density at radius 3 is 2.82 bits per heavy atom. The predicted molar refractivity (Wildman–Crippen MR) is 64.3 cm³/mol. The van der Waals surface area contributed by atoms with E-state index in [1.165, 1.54) is 0 Å². The Bertz CT molecular complexity index is 460. The molecule has 0 saturated heterocycles. The van der Waals surface area contributed by atoms with Crippen LogP contribution in [-0.2, 0) is 6.54 Å². The summed E-state index contributed by atoms with van der Waals surface area (Å²) in [5, 5.41) is 3.09. The molecule has 1 N–H and O–H groups in total. The molecule has 0 aromatic heterocycles. The molecule has 0 aliphatic carbocycles. The molecule has 0 atom stereocenters. The highest BCUT2D eigenvalue weighted by atomic mass is 16.7. The molecule has 90 valence electrons. The number of rotatable bonds is 4. The third-order valence-electron chi connectivity index (χ3n) is 2.40. The molecule has 1 aromatic carbocycles. The van der Waals surface area contributed by atoms with Gasteiger partial charge in [-0.1, -0.05) is 5.92 Å². The molecule has 0 bridgehead atoms. The van der Waals surface area contributed by atoms with Gasteiger partial charge >= 0.3 is 0 Å². The minimum absolute atomic E-state index is 0.270. The minimum Gasteiger partial charge on any atom is -0.480 e. The first kappa shape index (κ1) is 11.6. The van der Waals surface area contributed by atoms with Gasteiger partial charge in [0.15, 0.2) is 11.5 Å². The van der Waals surface area contributed by atoms with E-state index in [-0.39, 0.29) is 6.79 Å². The lowest BCUT2D eigenvalue weighted by molar-refractivity contribution is 0.174. The van der Waals surface area contributed by atoms with E-state index in [4.69, 9.17) is 14.2 Å². The summed E-state index contributed by atoms with van der Waals surface area (Å²) in [5.74, 6) is 7.94. The van der Waals surface area contributed by atoms with Crippen LogP contribution in [-0.4, -0.2) is 20.4 Å². The van der Waals surface area contributed by atoms with Gasteiger partial charge in [-0.05, 0) is 20.0 Å². The molecule has 0 unspecified atom stereocenters. The first-order chi connectivity index (χ1) is 8.35. The molecule has 0 radical (unpaired) electrons. The molecule has 0 saturated carbocycles. The Hall–Kier alpha value is -1.86. The van der Waals surface area contributed by atoms with E-state index in [0.717, 1.165) is 22.8 Å². The molecular formula is C13H15NO3. The van der Waals surface area contributed by atoms with Gasteiger partial charge in [0.05, 0.1) is 0 Å². The predicted octanol–water partition coefficient (Wildman–Crippen LogP) is 1.54. The first-order valence-electron chi connectivity index (χ1n) is 5.44. The van der Waals surface area contributed by atoms with Crippen LogP contribution in [0.4, 0.5) is 0 Å². The van der Waals surface area contributed by atoms with Gasteiger partial charge in [-0.2, -0.15) is 0 Å². The van der Waals surface area contributed by atoms with Crippen molar-refractivity contribution < 1.29 is 14.2 Å². The maximum atomic E-state index is 5.61. The summed E-state index contributed by atoms with van der Waals surface area (Å²) in [7, 11) is 1.89. The van der Waals surface area contributed by atoms with E-state index >= 15 is 0 Å². The Labute approximate surface area is 101 Å². The smallest absolute Gasteiger partial charge is 0.231 e. The van der Waals surface area contributed by atoms with Crippen LogP contribution in [0.2, 0.25) is 0 Å². The van der Waals surface area contributed by atoms with Crippen molar-refractivity contribution in [3.63, 3.8) is 0 Å². The fourth-order valence-electron chi connectivity index (χ4n) is 1.61. The average molecular weight is 233 g/mol. The second kappa shape index (κ2) is 5.46. The molecule has 17 heavy (non-hydrogen) atoms. The molecule has 0 fully saturated rings. The molecule has 1 aromatic rings. The Kier molecular flexibility index (Phi) is 3.73. The molecule has 4 nitrogen and oxygen atoms in total. The van der Waals surface area contributed by atoms with Crippen LogP contribution in [0.15, 0.2) is 12.1 Å². The fraction of sp³-hybridized carbons (Fsp3) is 0.385. The number of hydrogen-bond donors (Lipinski definition) is 1. The summed E-state index contributed by atoms with van der Waals surface area (Å²) in [4.78, 5) is 0. The van der Waals surface area contributed by atoms with Crippen molar-refractivity contribution in [1.82, 2.24) is 5.32 Å². The van der Waals surface area contributed by atoms with Crippen LogP contribution in [0.25, 0.3) is 0 Å². The van der Waals surface area contributed by atoms with Crippen molar-refractivity contribution in [1.29, 1.82) is 0 Å². The largest absolute Gasteiger partial charge is 0.480 e. The monoisotopic (exact) mass is 233 g/mol. The highest BCUT2D eigenvalue weighted by molar-refractivity contribution is 5.51. The van der Waals surface area contributed by atoms with E-state index < -0.39 is 0 Å². The normalized spacial score (nSPS) is 11.9. The number of hydrogen-bond acceptors (Lipinski definition) is 4. The minimum atomic E-state index is 0.270. The Morgan fingerprint density at radius 1 is 1.35 bits per heavy atom. The third-order valence-corrected chi connectivity index (χ3v) is 2.40. The molecule has 0 spiro atoms. The quantitative estimate of drug-likeness (QED) is 0.801. The van der Waals surface area contributed by atoms with E-state index in [1.54, 1.807) is 6.92 Å². The summed E-state index contributed by atoms with van der Waals surface area (Å²) in [6, 6.07) is 3.79. The zero-order valence-corrected chi connectivity index (χ0v) is 10.0. The maximum Gasteiger partial charge on any atom is 0.231 e. The second-order valence-corrected chi connectivity index (χ2v) is 3.56. The van der Waals surface area contributed by atoms with Gasteiger partial charge in [0.1, 0.15) is 12.4 Å². The zero-order chi connectivity index (χ0) is 12.1. The van der Waals surface area contributed by atoms with E-state index in [0.29, 0.717) is 13.2 Å². The van der Waals surface area contributed by atoms with Gasteiger partial charge in [0.2, 0.25) is 6.79 Å². The van der Waals surface area contributed by atoms with Crippen molar-refractivity contribution in [3.8, 4) is 29.1 Å². The highest BCUT2D eigenvalue weighted by Crippen LogP contribution is 2.38. The molecule has 1 aliphatic heterocycles. The van der Waals surface area contributed by atoms with E-state index in [2.05, 4.69) is 17.2 Å². The molecule has 0 amide bonds.